The first-order valence-corrected chi connectivity index (χ1v) is 9.27. The maximum atomic E-state index is 13.0. The Bertz CT molecular complexity index is 619. The van der Waals surface area contributed by atoms with Crippen LogP contribution in [0, 0.1) is 5.92 Å². The van der Waals surface area contributed by atoms with Gasteiger partial charge in [0.1, 0.15) is 0 Å². The van der Waals surface area contributed by atoms with Crippen LogP contribution in [0.4, 0.5) is 5.69 Å². The lowest BCUT2D eigenvalue weighted by atomic mass is 10.0. The molecule has 2 fully saturated rings. The Labute approximate surface area is 149 Å². The van der Waals surface area contributed by atoms with Crippen molar-refractivity contribution in [2.24, 2.45) is 13.0 Å². The van der Waals surface area contributed by atoms with Crippen LogP contribution in [0.1, 0.15) is 33.1 Å². The number of piperidine rings is 1. The van der Waals surface area contributed by atoms with Gasteiger partial charge in [-0.3, -0.25) is 19.2 Å². The van der Waals surface area contributed by atoms with Crippen LogP contribution in [0.2, 0.25) is 0 Å². The Balaban J connectivity index is 1.59. The van der Waals surface area contributed by atoms with Gasteiger partial charge in [0.2, 0.25) is 11.8 Å². The molecule has 1 aromatic rings. The Kier molecular flexibility index (Phi) is 5.42. The highest BCUT2D eigenvalue weighted by atomic mass is 16.2. The van der Waals surface area contributed by atoms with Crippen LogP contribution < -0.4 is 4.90 Å². The largest absolute Gasteiger partial charge is 0.340 e. The van der Waals surface area contributed by atoms with Crippen LogP contribution in [-0.4, -0.2) is 70.2 Å². The van der Waals surface area contributed by atoms with Crippen molar-refractivity contribution >= 4 is 17.5 Å². The van der Waals surface area contributed by atoms with Crippen LogP contribution in [-0.2, 0) is 16.6 Å². The van der Waals surface area contributed by atoms with Gasteiger partial charge in [-0.25, -0.2) is 0 Å². The number of hydrogen-bond donors (Lipinski definition) is 0. The molecule has 138 valence electrons. The van der Waals surface area contributed by atoms with E-state index in [1.54, 1.807) is 10.9 Å². The molecule has 7 heteroatoms. The molecule has 1 aromatic heterocycles. The van der Waals surface area contributed by atoms with Gasteiger partial charge in [0.25, 0.3) is 0 Å². The fraction of sp³-hybridized carbons (Fsp3) is 0.722. The molecular weight excluding hydrogens is 318 g/mol. The molecule has 3 heterocycles. The van der Waals surface area contributed by atoms with E-state index in [1.165, 1.54) is 0 Å². The minimum absolute atomic E-state index is 0.0729. The summed E-state index contributed by atoms with van der Waals surface area (Å²) in [6.07, 6.45) is 6.15. The number of hydrogen-bond acceptors (Lipinski definition) is 4. The van der Waals surface area contributed by atoms with E-state index in [9.17, 15) is 9.59 Å². The molecule has 0 aromatic carbocycles. The van der Waals surface area contributed by atoms with Crippen molar-refractivity contribution in [3.63, 3.8) is 0 Å². The van der Waals surface area contributed by atoms with E-state index in [4.69, 9.17) is 0 Å². The maximum Gasteiger partial charge on any atom is 0.244 e. The molecule has 2 amide bonds. The second-order valence-electron chi connectivity index (χ2n) is 7.53. The van der Waals surface area contributed by atoms with Crippen molar-refractivity contribution in [1.29, 1.82) is 0 Å². The molecule has 0 aliphatic carbocycles. The molecule has 2 aliphatic rings. The quantitative estimate of drug-likeness (QED) is 0.818. The molecule has 7 nitrogen and oxygen atoms in total. The van der Waals surface area contributed by atoms with E-state index in [0.29, 0.717) is 12.3 Å². The summed E-state index contributed by atoms with van der Waals surface area (Å²) < 4.78 is 1.73. The average Bonchev–Trinajstić information content (AvgIpc) is 3.01. The molecule has 0 saturated carbocycles. The van der Waals surface area contributed by atoms with Crippen molar-refractivity contribution in [2.75, 3.05) is 37.6 Å². The number of aryl methyl sites for hydroxylation is 1. The number of carbonyl (C=O) groups excluding carboxylic acids is 2. The molecule has 2 saturated heterocycles. The first-order chi connectivity index (χ1) is 12.0. The van der Waals surface area contributed by atoms with Gasteiger partial charge < -0.3 is 9.80 Å². The van der Waals surface area contributed by atoms with E-state index < -0.39 is 0 Å². The smallest absolute Gasteiger partial charge is 0.244 e. The summed E-state index contributed by atoms with van der Waals surface area (Å²) in [4.78, 5) is 31.2. The van der Waals surface area contributed by atoms with E-state index in [2.05, 4.69) is 23.8 Å². The third-order valence-corrected chi connectivity index (χ3v) is 5.10. The van der Waals surface area contributed by atoms with Gasteiger partial charge in [0.15, 0.2) is 0 Å². The third-order valence-electron chi connectivity index (χ3n) is 5.10. The first kappa shape index (κ1) is 17.9. The van der Waals surface area contributed by atoms with Gasteiger partial charge in [0.05, 0.1) is 17.9 Å². The predicted molar refractivity (Wildman–Crippen MR) is 96.2 cm³/mol. The zero-order valence-electron chi connectivity index (χ0n) is 15.5. The van der Waals surface area contributed by atoms with Gasteiger partial charge in [0, 0.05) is 52.4 Å². The molecule has 0 spiro atoms. The van der Waals surface area contributed by atoms with Crippen LogP contribution in [0.3, 0.4) is 0 Å². The monoisotopic (exact) mass is 347 g/mol. The summed E-state index contributed by atoms with van der Waals surface area (Å²) in [5.74, 6) is 0.793. The fourth-order valence-electron chi connectivity index (χ4n) is 3.76. The Hall–Kier alpha value is -1.89. The lowest BCUT2D eigenvalue weighted by molar-refractivity contribution is -0.135. The number of aromatic nitrogens is 2. The van der Waals surface area contributed by atoms with Gasteiger partial charge in [-0.05, 0) is 18.8 Å². The van der Waals surface area contributed by atoms with E-state index in [1.807, 2.05) is 23.0 Å². The SMILES string of the molecule is CC(C)CC(=O)N1CCN([C@@H]2CCCN(c3cnn(C)c3)C2=O)CC1. The molecule has 3 rings (SSSR count). The van der Waals surface area contributed by atoms with Crippen molar-refractivity contribution in [2.45, 2.75) is 39.2 Å². The summed E-state index contributed by atoms with van der Waals surface area (Å²) in [7, 11) is 1.86. The molecule has 0 N–H and O–H groups in total. The standard InChI is InChI=1S/C18H29N5O2/c1-14(2)11-17(24)22-9-7-21(8-10-22)16-5-4-6-23(18(16)25)15-12-19-20(3)13-15/h12-14,16H,4-11H2,1-3H3/t16-/m1/s1. The number of carbonyl (C=O) groups is 2. The summed E-state index contributed by atoms with van der Waals surface area (Å²) in [6.45, 7) is 7.91. The molecule has 2 aliphatic heterocycles. The average molecular weight is 347 g/mol. The molecule has 0 radical (unpaired) electrons. The van der Waals surface area contributed by atoms with Crippen LogP contribution in [0.5, 0.6) is 0 Å². The second kappa shape index (κ2) is 7.56. The second-order valence-corrected chi connectivity index (χ2v) is 7.53. The summed E-state index contributed by atoms with van der Waals surface area (Å²) >= 11 is 0. The molecule has 0 unspecified atom stereocenters. The van der Waals surface area contributed by atoms with Crippen molar-refractivity contribution in [3.8, 4) is 0 Å². The number of amides is 2. The number of piperazine rings is 1. The zero-order valence-corrected chi connectivity index (χ0v) is 15.5. The van der Waals surface area contributed by atoms with Crippen molar-refractivity contribution in [1.82, 2.24) is 19.6 Å². The normalized spacial score (nSPS) is 22.7. The Morgan fingerprint density at radius 3 is 2.56 bits per heavy atom. The fourth-order valence-corrected chi connectivity index (χ4v) is 3.76. The van der Waals surface area contributed by atoms with Gasteiger partial charge in [-0.2, -0.15) is 5.10 Å². The lowest BCUT2D eigenvalue weighted by Gasteiger charge is -2.42. The summed E-state index contributed by atoms with van der Waals surface area (Å²) in [5, 5.41) is 4.18. The number of anilines is 1. The maximum absolute atomic E-state index is 13.0. The predicted octanol–water partition coefficient (Wildman–Crippen LogP) is 1.11. The van der Waals surface area contributed by atoms with Crippen molar-refractivity contribution in [3.05, 3.63) is 12.4 Å². The van der Waals surface area contributed by atoms with Gasteiger partial charge >= 0.3 is 0 Å². The summed E-state index contributed by atoms with van der Waals surface area (Å²) in [6, 6.07) is -0.0729. The minimum Gasteiger partial charge on any atom is -0.340 e. The number of nitrogens with zero attached hydrogens (tertiary/aromatic N) is 5. The van der Waals surface area contributed by atoms with E-state index >= 15 is 0 Å². The van der Waals surface area contributed by atoms with E-state index in [0.717, 1.165) is 51.3 Å². The highest BCUT2D eigenvalue weighted by Gasteiger charge is 2.36. The molecule has 25 heavy (non-hydrogen) atoms. The lowest BCUT2D eigenvalue weighted by Crippen LogP contribution is -2.58. The van der Waals surface area contributed by atoms with Gasteiger partial charge in [-0.1, -0.05) is 13.8 Å². The van der Waals surface area contributed by atoms with Crippen molar-refractivity contribution < 1.29 is 9.59 Å². The topological polar surface area (TPSA) is 61.7 Å². The highest BCUT2D eigenvalue weighted by molar-refractivity contribution is 5.97. The molecule has 0 bridgehead atoms. The van der Waals surface area contributed by atoms with E-state index in [-0.39, 0.29) is 17.9 Å². The Morgan fingerprint density at radius 1 is 1.24 bits per heavy atom. The number of rotatable bonds is 4. The summed E-state index contributed by atoms with van der Waals surface area (Å²) in [5.41, 5.74) is 0.878. The molecule has 1 atom stereocenters. The first-order valence-electron chi connectivity index (χ1n) is 9.27. The highest BCUT2D eigenvalue weighted by Crippen LogP contribution is 2.24. The third kappa shape index (κ3) is 4.03. The van der Waals surface area contributed by atoms with Crippen LogP contribution in [0.15, 0.2) is 12.4 Å². The Morgan fingerprint density at radius 2 is 1.96 bits per heavy atom. The molecular formula is C18H29N5O2. The van der Waals surface area contributed by atoms with Crippen LogP contribution >= 0.6 is 0 Å². The van der Waals surface area contributed by atoms with Gasteiger partial charge in [-0.15, -0.1) is 0 Å². The van der Waals surface area contributed by atoms with Crippen LogP contribution in [0.25, 0.3) is 0 Å². The zero-order chi connectivity index (χ0) is 18.0. The minimum atomic E-state index is -0.0729.